The standard InChI is InChI=1S/C8H10F3NO2/c1-5-2-3-6(14-5)7(13,4-12)8(9,10)11/h2-3,13H,4,12H2,1H3/t7-/m1/s1. The van der Waals surface area contributed by atoms with Gasteiger partial charge in [-0.15, -0.1) is 0 Å². The third kappa shape index (κ3) is 1.62. The number of alkyl halides is 3. The number of nitrogens with two attached hydrogens (primary N) is 1. The molecular weight excluding hydrogens is 199 g/mol. The highest BCUT2D eigenvalue weighted by Gasteiger charge is 2.56. The highest BCUT2D eigenvalue weighted by Crippen LogP contribution is 2.38. The molecule has 3 nitrogen and oxygen atoms in total. The number of furan rings is 1. The minimum Gasteiger partial charge on any atom is -0.463 e. The van der Waals surface area contributed by atoms with Crippen LogP contribution in [0.15, 0.2) is 16.5 Å². The van der Waals surface area contributed by atoms with E-state index in [1.165, 1.54) is 13.0 Å². The molecule has 0 aliphatic rings. The molecule has 0 radical (unpaired) electrons. The summed E-state index contributed by atoms with van der Waals surface area (Å²) in [6, 6.07) is 2.40. The third-order valence-corrected chi connectivity index (χ3v) is 1.91. The van der Waals surface area contributed by atoms with Gasteiger partial charge in [-0.25, -0.2) is 0 Å². The lowest BCUT2D eigenvalue weighted by Gasteiger charge is -2.26. The van der Waals surface area contributed by atoms with E-state index in [-0.39, 0.29) is 5.76 Å². The molecule has 6 heteroatoms. The van der Waals surface area contributed by atoms with Crippen LogP contribution in [0.2, 0.25) is 0 Å². The molecule has 0 spiro atoms. The van der Waals surface area contributed by atoms with Crippen LogP contribution < -0.4 is 5.73 Å². The van der Waals surface area contributed by atoms with Crippen molar-refractivity contribution >= 4 is 0 Å². The van der Waals surface area contributed by atoms with E-state index in [1.54, 1.807) is 0 Å². The van der Waals surface area contributed by atoms with Gasteiger partial charge < -0.3 is 15.3 Å². The maximum absolute atomic E-state index is 12.4. The van der Waals surface area contributed by atoms with Gasteiger partial charge in [-0.2, -0.15) is 13.2 Å². The molecule has 0 saturated heterocycles. The van der Waals surface area contributed by atoms with Gasteiger partial charge in [0.05, 0.1) is 0 Å². The topological polar surface area (TPSA) is 59.4 Å². The van der Waals surface area contributed by atoms with Gasteiger partial charge in [-0.1, -0.05) is 0 Å². The van der Waals surface area contributed by atoms with Crippen molar-refractivity contribution in [1.29, 1.82) is 0 Å². The first-order chi connectivity index (χ1) is 6.31. The SMILES string of the molecule is Cc1ccc([C@](O)(CN)C(F)(F)F)o1. The summed E-state index contributed by atoms with van der Waals surface area (Å²) in [4.78, 5) is 0. The molecule has 0 bridgehead atoms. The third-order valence-electron chi connectivity index (χ3n) is 1.91. The summed E-state index contributed by atoms with van der Waals surface area (Å²) in [5.74, 6) is -0.291. The summed E-state index contributed by atoms with van der Waals surface area (Å²) < 4.78 is 41.9. The first-order valence-corrected chi connectivity index (χ1v) is 3.87. The van der Waals surface area contributed by atoms with Crippen LogP contribution in [0.25, 0.3) is 0 Å². The number of rotatable bonds is 2. The van der Waals surface area contributed by atoms with Crippen LogP contribution in [0.5, 0.6) is 0 Å². The molecule has 14 heavy (non-hydrogen) atoms. The van der Waals surface area contributed by atoms with Crippen molar-refractivity contribution in [3.63, 3.8) is 0 Å². The van der Waals surface area contributed by atoms with E-state index in [4.69, 9.17) is 10.2 Å². The fourth-order valence-corrected chi connectivity index (χ4v) is 1.01. The van der Waals surface area contributed by atoms with E-state index >= 15 is 0 Å². The molecule has 1 heterocycles. The van der Waals surface area contributed by atoms with Gasteiger partial charge in [0.1, 0.15) is 11.5 Å². The van der Waals surface area contributed by atoms with Gasteiger partial charge in [-0.05, 0) is 19.1 Å². The lowest BCUT2D eigenvalue weighted by atomic mass is 10.0. The summed E-state index contributed by atoms with van der Waals surface area (Å²) in [5.41, 5.74) is 1.81. The molecule has 80 valence electrons. The second-order valence-electron chi connectivity index (χ2n) is 2.97. The van der Waals surface area contributed by atoms with Gasteiger partial charge >= 0.3 is 6.18 Å². The fourth-order valence-electron chi connectivity index (χ4n) is 1.01. The summed E-state index contributed by atoms with van der Waals surface area (Å²) in [6.07, 6.45) is -4.84. The van der Waals surface area contributed by atoms with Crippen molar-refractivity contribution < 1.29 is 22.7 Å². The highest BCUT2D eigenvalue weighted by molar-refractivity contribution is 5.16. The average molecular weight is 209 g/mol. The molecule has 0 fully saturated rings. The Morgan fingerprint density at radius 3 is 2.29 bits per heavy atom. The Hall–Kier alpha value is -1.01. The Labute approximate surface area is 78.3 Å². The summed E-state index contributed by atoms with van der Waals surface area (Å²) >= 11 is 0. The molecule has 0 aliphatic heterocycles. The quantitative estimate of drug-likeness (QED) is 0.771. The van der Waals surface area contributed by atoms with Crippen molar-refractivity contribution in [2.75, 3.05) is 6.54 Å². The van der Waals surface area contributed by atoms with Gasteiger partial charge in [0.2, 0.25) is 5.60 Å². The molecule has 3 N–H and O–H groups in total. The van der Waals surface area contributed by atoms with Crippen LogP contribution >= 0.6 is 0 Å². The zero-order chi connectivity index (χ0) is 11.0. The minimum atomic E-state index is -4.84. The van der Waals surface area contributed by atoms with Crippen molar-refractivity contribution in [3.05, 3.63) is 23.7 Å². The van der Waals surface area contributed by atoms with E-state index in [2.05, 4.69) is 0 Å². The highest BCUT2D eigenvalue weighted by atomic mass is 19.4. The summed E-state index contributed by atoms with van der Waals surface area (Å²) in [7, 11) is 0. The monoisotopic (exact) mass is 209 g/mol. The van der Waals surface area contributed by atoms with E-state index < -0.39 is 24.1 Å². The number of halogens is 3. The fraction of sp³-hybridized carbons (Fsp3) is 0.500. The number of aliphatic hydroxyl groups is 1. The second-order valence-corrected chi connectivity index (χ2v) is 2.97. The zero-order valence-corrected chi connectivity index (χ0v) is 7.43. The molecule has 0 aliphatic carbocycles. The van der Waals surface area contributed by atoms with Crippen LogP contribution in [0.3, 0.4) is 0 Å². The van der Waals surface area contributed by atoms with Gasteiger partial charge in [0.15, 0.2) is 0 Å². The van der Waals surface area contributed by atoms with E-state index in [9.17, 15) is 18.3 Å². The second kappa shape index (κ2) is 3.29. The van der Waals surface area contributed by atoms with Gasteiger partial charge in [0.25, 0.3) is 0 Å². The summed E-state index contributed by atoms with van der Waals surface area (Å²) in [5, 5.41) is 9.30. The van der Waals surface area contributed by atoms with Crippen LogP contribution in [0, 0.1) is 6.92 Å². The molecule has 0 aromatic carbocycles. The van der Waals surface area contributed by atoms with Crippen LogP contribution in [0.4, 0.5) is 13.2 Å². The average Bonchev–Trinajstić information content (AvgIpc) is 2.48. The predicted molar refractivity (Wildman–Crippen MR) is 42.5 cm³/mol. The predicted octanol–water partition coefficient (Wildman–Crippen LogP) is 1.30. The summed E-state index contributed by atoms with van der Waals surface area (Å²) in [6.45, 7) is 0.514. The molecule has 0 saturated carbocycles. The lowest BCUT2D eigenvalue weighted by Crippen LogP contribution is -2.48. The molecule has 0 unspecified atom stereocenters. The van der Waals surface area contributed by atoms with E-state index in [1.807, 2.05) is 0 Å². The molecule has 0 amide bonds. The van der Waals surface area contributed by atoms with Gasteiger partial charge in [0, 0.05) is 6.54 Å². The minimum absolute atomic E-state index is 0.288. The number of aryl methyl sites for hydroxylation is 1. The van der Waals surface area contributed by atoms with Crippen molar-refractivity contribution in [3.8, 4) is 0 Å². The first kappa shape index (κ1) is 11.1. The van der Waals surface area contributed by atoms with E-state index in [0.29, 0.717) is 0 Å². The Morgan fingerprint density at radius 1 is 1.43 bits per heavy atom. The van der Waals surface area contributed by atoms with Crippen LogP contribution in [0.1, 0.15) is 11.5 Å². The molecule has 1 aromatic rings. The Bertz CT molecular complexity index is 321. The normalized spacial score (nSPS) is 16.7. The zero-order valence-electron chi connectivity index (χ0n) is 7.43. The lowest BCUT2D eigenvalue weighted by molar-refractivity contribution is -0.268. The Balaban J connectivity index is 3.14. The Morgan fingerprint density at radius 2 is 2.00 bits per heavy atom. The van der Waals surface area contributed by atoms with Crippen LogP contribution in [-0.4, -0.2) is 17.8 Å². The van der Waals surface area contributed by atoms with Crippen LogP contribution in [-0.2, 0) is 5.60 Å². The molecule has 1 aromatic heterocycles. The van der Waals surface area contributed by atoms with Gasteiger partial charge in [-0.3, -0.25) is 0 Å². The molecule has 1 rings (SSSR count). The largest absolute Gasteiger partial charge is 0.463 e. The molecular formula is C8H10F3NO2. The molecule has 1 atom stereocenters. The van der Waals surface area contributed by atoms with Crippen molar-refractivity contribution in [2.24, 2.45) is 5.73 Å². The maximum Gasteiger partial charge on any atom is 0.425 e. The van der Waals surface area contributed by atoms with Crippen molar-refractivity contribution in [1.82, 2.24) is 0 Å². The smallest absolute Gasteiger partial charge is 0.425 e. The van der Waals surface area contributed by atoms with E-state index in [0.717, 1.165) is 6.07 Å². The van der Waals surface area contributed by atoms with Crippen molar-refractivity contribution in [2.45, 2.75) is 18.7 Å². The number of hydrogen-bond acceptors (Lipinski definition) is 3. The maximum atomic E-state index is 12.4. The first-order valence-electron chi connectivity index (χ1n) is 3.87. The Kier molecular flexibility index (Phi) is 2.60. The number of hydrogen-bond donors (Lipinski definition) is 2.